The van der Waals surface area contributed by atoms with Gasteiger partial charge in [-0.1, -0.05) is 13.8 Å². The highest BCUT2D eigenvalue weighted by Crippen LogP contribution is 2.29. The Kier molecular flexibility index (Phi) is 3.01. The molecule has 1 aliphatic heterocycles. The fourth-order valence-corrected chi connectivity index (χ4v) is 3.08. The van der Waals surface area contributed by atoms with Crippen molar-refractivity contribution in [2.45, 2.75) is 19.1 Å². The van der Waals surface area contributed by atoms with Crippen LogP contribution in [-0.4, -0.2) is 26.9 Å². The molecule has 72 valence electrons. The van der Waals surface area contributed by atoms with Crippen LogP contribution in [0.25, 0.3) is 0 Å². The Morgan fingerprint density at radius 3 is 2.33 bits per heavy atom. The van der Waals surface area contributed by atoms with Crippen molar-refractivity contribution >= 4 is 19.7 Å². The van der Waals surface area contributed by atoms with Crippen LogP contribution in [0.4, 0.5) is 0 Å². The largest absolute Gasteiger partial charge is 0.380 e. The van der Waals surface area contributed by atoms with Crippen LogP contribution < -0.4 is 0 Å². The number of rotatable bonds is 2. The monoisotopic (exact) mass is 212 g/mol. The van der Waals surface area contributed by atoms with Crippen molar-refractivity contribution in [3.63, 3.8) is 0 Å². The van der Waals surface area contributed by atoms with E-state index in [1.54, 1.807) is 0 Å². The van der Waals surface area contributed by atoms with Crippen molar-refractivity contribution < 1.29 is 13.2 Å². The molecule has 3 nitrogen and oxygen atoms in total. The van der Waals surface area contributed by atoms with E-state index in [9.17, 15) is 8.42 Å². The predicted molar refractivity (Wildman–Crippen MR) is 47.7 cm³/mol. The lowest BCUT2D eigenvalue weighted by atomic mass is 9.95. The molecule has 0 N–H and O–H groups in total. The molecule has 1 rings (SSSR count). The first-order valence-corrected chi connectivity index (χ1v) is 6.31. The van der Waals surface area contributed by atoms with Gasteiger partial charge >= 0.3 is 0 Å². The highest BCUT2D eigenvalue weighted by Gasteiger charge is 2.38. The van der Waals surface area contributed by atoms with Crippen molar-refractivity contribution in [3.05, 3.63) is 0 Å². The zero-order valence-corrected chi connectivity index (χ0v) is 8.73. The smallest absolute Gasteiger partial charge is 0.238 e. The number of hydrogen-bond acceptors (Lipinski definition) is 3. The first-order chi connectivity index (χ1) is 5.43. The standard InChI is InChI=1S/C7H13ClO3S/c1-5(2)6-3-11-4-7(6)12(8,9)10/h5-7H,3-4H2,1-2H3. The molecule has 1 heterocycles. The summed E-state index contributed by atoms with van der Waals surface area (Å²) in [5, 5.41) is -0.515. The van der Waals surface area contributed by atoms with Gasteiger partial charge in [0.1, 0.15) is 5.25 Å². The van der Waals surface area contributed by atoms with Crippen LogP contribution in [0, 0.1) is 11.8 Å². The van der Waals surface area contributed by atoms with Crippen molar-refractivity contribution in [3.8, 4) is 0 Å². The van der Waals surface area contributed by atoms with Gasteiger partial charge in [-0.15, -0.1) is 0 Å². The first kappa shape index (κ1) is 10.3. The van der Waals surface area contributed by atoms with Gasteiger partial charge in [-0.25, -0.2) is 8.42 Å². The van der Waals surface area contributed by atoms with Crippen LogP contribution in [0.1, 0.15) is 13.8 Å². The number of hydrogen-bond donors (Lipinski definition) is 0. The molecule has 0 bridgehead atoms. The van der Waals surface area contributed by atoms with Gasteiger partial charge < -0.3 is 4.74 Å². The molecule has 2 atom stereocenters. The lowest BCUT2D eigenvalue weighted by Gasteiger charge is -2.17. The van der Waals surface area contributed by atoms with Gasteiger partial charge in [0.05, 0.1) is 13.2 Å². The summed E-state index contributed by atoms with van der Waals surface area (Å²) in [5.74, 6) is 0.346. The summed E-state index contributed by atoms with van der Waals surface area (Å²) in [6, 6.07) is 0. The van der Waals surface area contributed by atoms with Gasteiger partial charge in [-0.05, 0) is 5.92 Å². The van der Waals surface area contributed by atoms with Crippen LogP contribution in [-0.2, 0) is 13.8 Å². The van der Waals surface area contributed by atoms with Crippen molar-refractivity contribution in [2.75, 3.05) is 13.2 Å². The third-order valence-corrected chi connectivity index (χ3v) is 4.18. The third kappa shape index (κ3) is 2.12. The predicted octanol–water partition coefficient (Wildman–Crippen LogP) is 1.23. The fraction of sp³-hybridized carbons (Fsp3) is 1.00. The van der Waals surface area contributed by atoms with E-state index in [2.05, 4.69) is 0 Å². The van der Waals surface area contributed by atoms with E-state index in [1.807, 2.05) is 13.8 Å². The SMILES string of the molecule is CC(C)C1COCC1S(=O)(=O)Cl. The third-order valence-electron chi connectivity index (χ3n) is 2.29. The van der Waals surface area contributed by atoms with E-state index in [-0.39, 0.29) is 12.5 Å². The second-order valence-electron chi connectivity index (χ2n) is 3.46. The van der Waals surface area contributed by atoms with Gasteiger partial charge in [0.15, 0.2) is 0 Å². The van der Waals surface area contributed by atoms with E-state index in [0.717, 1.165) is 0 Å². The Balaban J connectivity index is 2.78. The molecular formula is C7H13ClO3S. The van der Waals surface area contributed by atoms with Crippen molar-refractivity contribution in [1.29, 1.82) is 0 Å². The van der Waals surface area contributed by atoms with Crippen molar-refractivity contribution in [2.24, 2.45) is 11.8 Å². The van der Waals surface area contributed by atoms with E-state index in [4.69, 9.17) is 15.4 Å². The van der Waals surface area contributed by atoms with Crippen LogP contribution in [0.3, 0.4) is 0 Å². The topological polar surface area (TPSA) is 43.4 Å². The van der Waals surface area contributed by atoms with Gasteiger partial charge in [0, 0.05) is 16.6 Å². The molecule has 2 unspecified atom stereocenters. The second-order valence-corrected chi connectivity index (χ2v) is 6.31. The summed E-state index contributed by atoms with van der Waals surface area (Å²) in [5.41, 5.74) is 0. The highest BCUT2D eigenvalue weighted by atomic mass is 35.7. The summed E-state index contributed by atoms with van der Waals surface area (Å²) in [6.07, 6.45) is 0. The lowest BCUT2D eigenvalue weighted by molar-refractivity contribution is 0.177. The minimum absolute atomic E-state index is 0.0486. The Morgan fingerprint density at radius 1 is 1.42 bits per heavy atom. The summed E-state index contributed by atoms with van der Waals surface area (Å²) >= 11 is 0. The normalized spacial score (nSPS) is 31.3. The fourth-order valence-electron chi connectivity index (χ4n) is 1.46. The molecule has 5 heteroatoms. The van der Waals surface area contributed by atoms with E-state index >= 15 is 0 Å². The number of halogens is 1. The quantitative estimate of drug-likeness (QED) is 0.647. The minimum atomic E-state index is -3.45. The summed E-state index contributed by atoms with van der Waals surface area (Å²) in [7, 11) is 1.82. The molecule has 0 amide bonds. The van der Waals surface area contributed by atoms with Gasteiger partial charge in [-0.3, -0.25) is 0 Å². The molecule has 0 spiro atoms. The van der Waals surface area contributed by atoms with E-state index in [1.165, 1.54) is 0 Å². The maximum Gasteiger partial charge on any atom is 0.238 e. The average molecular weight is 213 g/mol. The lowest BCUT2D eigenvalue weighted by Crippen LogP contribution is -2.28. The van der Waals surface area contributed by atoms with E-state index < -0.39 is 14.3 Å². The molecule has 0 saturated carbocycles. The summed E-state index contributed by atoms with van der Waals surface area (Å²) < 4.78 is 27.2. The molecule has 0 aliphatic carbocycles. The molecule has 0 aromatic carbocycles. The molecule has 0 aromatic heterocycles. The zero-order valence-electron chi connectivity index (χ0n) is 7.16. The average Bonchev–Trinajstić information content (AvgIpc) is 2.30. The Hall–Kier alpha value is 0.200. The van der Waals surface area contributed by atoms with Crippen molar-refractivity contribution in [1.82, 2.24) is 0 Å². The van der Waals surface area contributed by atoms with Gasteiger partial charge in [-0.2, -0.15) is 0 Å². The highest BCUT2D eigenvalue weighted by molar-refractivity contribution is 8.14. The zero-order chi connectivity index (χ0) is 9.35. The minimum Gasteiger partial charge on any atom is -0.380 e. The molecule has 0 radical (unpaired) electrons. The Morgan fingerprint density at radius 2 is 2.00 bits per heavy atom. The van der Waals surface area contributed by atoms with Crippen LogP contribution in [0.15, 0.2) is 0 Å². The Bertz CT molecular complexity index is 247. The first-order valence-electron chi connectivity index (χ1n) is 3.94. The van der Waals surface area contributed by atoms with E-state index in [0.29, 0.717) is 12.5 Å². The van der Waals surface area contributed by atoms with Crippen LogP contribution >= 0.6 is 10.7 Å². The van der Waals surface area contributed by atoms with Gasteiger partial charge in [0.25, 0.3) is 0 Å². The molecule has 1 saturated heterocycles. The maximum atomic E-state index is 11.0. The van der Waals surface area contributed by atoms with Gasteiger partial charge in [0.2, 0.25) is 9.05 Å². The van der Waals surface area contributed by atoms with Crippen LogP contribution in [0.5, 0.6) is 0 Å². The summed E-state index contributed by atoms with van der Waals surface area (Å²) in [4.78, 5) is 0. The molecular weight excluding hydrogens is 200 g/mol. The summed E-state index contributed by atoms with van der Waals surface area (Å²) in [6.45, 7) is 4.71. The maximum absolute atomic E-state index is 11.0. The Labute approximate surface area is 77.5 Å². The molecule has 0 aromatic rings. The number of ether oxygens (including phenoxy) is 1. The van der Waals surface area contributed by atoms with Crippen LogP contribution in [0.2, 0.25) is 0 Å². The second kappa shape index (κ2) is 3.52. The molecule has 1 aliphatic rings. The molecule has 12 heavy (non-hydrogen) atoms. The molecule has 1 fully saturated rings.